The van der Waals surface area contributed by atoms with Gasteiger partial charge in [-0.15, -0.1) is 0 Å². The summed E-state index contributed by atoms with van der Waals surface area (Å²) >= 11 is 0. The van der Waals surface area contributed by atoms with Crippen LogP contribution in [0.2, 0.25) is 0 Å². The molecule has 0 spiro atoms. The van der Waals surface area contributed by atoms with E-state index in [4.69, 9.17) is 5.73 Å². The molecule has 4 N–H and O–H groups in total. The van der Waals surface area contributed by atoms with E-state index in [2.05, 4.69) is 4.57 Å². The zero-order valence-electron chi connectivity index (χ0n) is 16.5. The quantitative estimate of drug-likeness (QED) is 0.430. The van der Waals surface area contributed by atoms with Gasteiger partial charge in [0.2, 0.25) is 5.91 Å². The summed E-state index contributed by atoms with van der Waals surface area (Å²) in [6.45, 7) is 2.67. The molecule has 0 aliphatic heterocycles. The minimum Gasteiger partial charge on any atom is -0.508 e. The Kier molecular flexibility index (Phi) is 5.02. The van der Waals surface area contributed by atoms with Crippen LogP contribution in [0.5, 0.6) is 11.5 Å². The summed E-state index contributed by atoms with van der Waals surface area (Å²) < 4.78 is 2.21. The van der Waals surface area contributed by atoms with Crippen LogP contribution < -0.4 is 5.73 Å². The zero-order valence-corrected chi connectivity index (χ0v) is 16.5. The van der Waals surface area contributed by atoms with Gasteiger partial charge in [-0.2, -0.15) is 0 Å². The lowest BCUT2D eigenvalue weighted by atomic mass is 10.1. The molecular formula is C25H22N2O3. The maximum Gasteiger partial charge on any atom is 0.241 e. The topological polar surface area (TPSA) is 88.5 Å². The van der Waals surface area contributed by atoms with Crippen LogP contribution >= 0.6 is 0 Å². The number of phenols is 2. The average molecular weight is 398 g/mol. The van der Waals surface area contributed by atoms with Crippen molar-refractivity contribution >= 4 is 22.9 Å². The minimum absolute atomic E-state index is 0.219. The third kappa shape index (κ3) is 3.78. The molecule has 1 aromatic heterocycles. The molecule has 5 nitrogen and oxygen atoms in total. The molecule has 0 unspecified atom stereocenters. The third-order valence-electron chi connectivity index (χ3n) is 5.20. The molecule has 5 heteroatoms. The van der Waals surface area contributed by atoms with Crippen molar-refractivity contribution in [3.63, 3.8) is 0 Å². The molecule has 0 bridgehead atoms. The second-order valence-electron chi connectivity index (χ2n) is 7.29. The van der Waals surface area contributed by atoms with Gasteiger partial charge in [0.1, 0.15) is 11.5 Å². The lowest BCUT2D eigenvalue weighted by molar-refractivity contribution is -0.113. The number of fused-ring (bicyclic) bond motifs is 1. The number of nitrogens with two attached hydrogens (primary N) is 1. The van der Waals surface area contributed by atoms with Crippen molar-refractivity contribution in [1.29, 1.82) is 0 Å². The molecule has 0 saturated heterocycles. The molecular weight excluding hydrogens is 376 g/mol. The van der Waals surface area contributed by atoms with Crippen LogP contribution in [0.25, 0.3) is 28.2 Å². The van der Waals surface area contributed by atoms with Crippen LogP contribution in [0.1, 0.15) is 16.7 Å². The zero-order chi connectivity index (χ0) is 21.3. The third-order valence-corrected chi connectivity index (χ3v) is 5.20. The predicted molar refractivity (Wildman–Crippen MR) is 119 cm³/mol. The standard InChI is InChI=1S/C25H22N2O3/c1-16-22-14-21(29)11-12-23(22)27(25(16)19-7-9-20(28)10-8-19)15-18-4-2-17(3-5-18)6-13-24(26)30/h2-14,28-29H,15H2,1H3,(H2,26,30). The molecule has 30 heavy (non-hydrogen) atoms. The number of carbonyl (C=O) groups excluding carboxylic acids is 1. The number of hydrogen-bond donors (Lipinski definition) is 3. The van der Waals surface area contributed by atoms with E-state index >= 15 is 0 Å². The molecule has 0 atom stereocenters. The Labute approximate surface area is 174 Å². The SMILES string of the molecule is Cc1c(-c2ccc(O)cc2)n(Cc2ccc(C=CC(N)=O)cc2)c2ccc(O)cc12. The first-order valence-electron chi connectivity index (χ1n) is 9.60. The Bertz CT molecular complexity index is 1250. The summed E-state index contributed by atoms with van der Waals surface area (Å²) in [6.07, 6.45) is 3.03. The van der Waals surface area contributed by atoms with Crippen molar-refractivity contribution in [3.05, 3.63) is 89.5 Å². The highest BCUT2D eigenvalue weighted by atomic mass is 16.3. The molecule has 0 radical (unpaired) electrons. The molecule has 4 aromatic rings. The van der Waals surface area contributed by atoms with Crippen LogP contribution in [0.15, 0.2) is 72.8 Å². The highest BCUT2D eigenvalue weighted by Crippen LogP contribution is 2.36. The summed E-state index contributed by atoms with van der Waals surface area (Å²) in [6, 6.07) is 20.5. The van der Waals surface area contributed by atoms with Crippen LogP contribution in [0.4, 0.5) is 0 Å². The number of hydrogen-bond acceptors (Lipinski definition) is 3. The largest absolute Gasteiger partial charge is 0.508 e. The summed E-state index contributed by atoms with van der Waals surface area (Å²) in [5, 5.41) is 20.7. The summed E-state index contributed by atoms with van der Waals surface area (Å²) in [5.41, 5.74) is 11.3. The van der Waals surface area contributed by atoms with Crippen molar-refractivity contribution in [1.82, 2.24) is 4.57 Å². The fourth-order valence-electron chi connectivity index (χ4n) is 3.76. The van der Waals surface area contributed by atoms with Crippen molar-refractivity contribution in [2.45, 2.75) is 13.5 Å². The maximum absolute atomic E-state index is 10.9. The highest BCUT2D eigenvalue weighted by molar-refractivity contribution is 5.93. The van der Waals surface area contributed by atoms with Crippen molar-refractivity contribution < 1.29 is 15.0 Å². The lowest BCUT2D eigenvalue weighted by Gasteiger charge is -2.13. The van der Waals surface area contributed by atoms with Crippen LogP contribution in [-0.4, -0.2) is 20.7 Å². The van der Waals surface area contributed by atoms with Crippen molar-refractivity contribution in [3.8, 4) is 22.8 Å². The van der Waals surface area contributed by atoms with Gasteiger partial charge in [-0.1, -0.05) is 24.3 Å². The van der Waals surface area contributed by atoms with E-state index in [-0.39, 0.29) is 11.5 Å². The van der Waals surface area contributed by atoms with E-state index in [1.807, 2.05) is 49.4 Å². The summed E-state index contributed by atoms with van der Waals surface area (Å²) in [7, 11) is 0. The van der Waals surface area contributed by atoms with Crippen LogP contribution in [0, 0.1) is 6.92 Å². The minimum atomic E-state index is -0.477. The molecule has 1 amide bonds. The van der Waals surface area contributed by atoms with E-state index in [0.717, 1.165) is 38.9 Å². The van der Waals surface area contributed by atoms with Gasteiger partial charge in [-0.3, -0.25) is 4.79 Å². The molecule has 0 aliphatic rings. The van der Waals surface area contributed by atoms with Gasteiger partial charge in [0.15, 0.2) is 0 Å². The Hall–Kier alpha value is -3.99. The number of aromatic hydroxyl groups is 2. The fourth-order valence-corrected chi connectivity index (χ4v) is 3.76. The number of aromatic nitrogens is 1. The molecule has 0 fully saturated rings. The molecule has 1 heterocycles. The first-order valence-corrected chi connectivity index (χ1v) is 9.60. The Balaban J connectivity index is 1.80. The van der Waals surface area contributed by atoms with Crippen molar-refractivity contribution in [2.75, 3.05) is 0 Å². The van der Waals surface area contributed by atoms with E-state index in [0.29, 0.717) is 6.54 Å². The molecule has 3 aromatic carbocycles. The number of carbonyl (C=O) groups is 1. The molecule has 150 valence electrons. The number of primary amides is 1. The Morgan fingerprint density at radius 3 is 2.30 bits per heavy atom. The van der Waals surface area contributed by atoms with E-state index < -0.39 is 5.91 Å². The highest BCUT2D eigenvalue weighted by Gasteiger charge is 2.16. The van der Waals surface area contributed by atoms with Gasteiger partial charge >= 0.3 is 0 Å². The molecule has 4 rings (SSSR count). The average Bonchev–Trinajstić information content (AvgIpc) is 2.99. The van der Waals surface area contributed by atoms with E-state index in [1.165, 1.54) is 6.08 Å². The van der Waals surface area contributed by atoms with Gasteiger partial charge in [-0.05, 0) is 77.7 Å². The monoisotopic (exact) mass is 398 g/mol. The van der Waals surface area contributed by atoms with Gasteiger partial charge in [-0.25, -0.2) is 0 Å². The van der Waals surface area contributed by atoms with Gasteiger partial charge in [0.05, 0.1) is 5.69 Å². The molecule has 0 saturated carbocycles. The number of benzene rings is 3. The van der Waals surface area contributed by atoms with Crippen LogP contribution in [0.3, 0.4) is 0 Å². The number of aryl methyl sites for hydroxylation is 1. The normalized spacial score (nSPS) is 11.4. The maximum atomic E-state index is 10.9. The van der Waals surface area contributed by atoms with Crippen molar-refractivity contribution in [2.24, 2.45) is 5.73 Å². The first-order chi connectivity index (χ1) is 14.4. The number of nitrogens with zero attached hydrogens (tertiary/aromatic N) is 1. The first kappa shape index (κ1) is 19.3. The Morgan fingerprint density at radius 2 is 1.63 bits per heavy atom. The lowest BCUT2D eigenvalue weighted by Crippen LogP contribution is -2.05. The van der Waals surface area contributed by atoms with E-state index in [9.17, 15) is 15.0 Å². The number of phenolic OH excluding ortho intramolecular Hbond substituents is 2. The van der Waals surface area contributed by atoms with E-state index in [1.54, 1.807) is 30.3 Å². The van der Waals surface area contributed by atoms with Gasteiger partial charge in [0, 0.05) is 23.5 Å². The second kappa shape index (κ2) is 7.79. The number of amides is 1. The predicted octanol–water partition coefficient (Wildman–Crippen LogP) is 4.57. The van der Waals surface area contributed by atoms with Gasteiger partial charge < -0.3 is 20.5 Å². The second-order valence-corrected chi connectivity index (χ2v) is 7.29. The molecule has 0 aliphatic carbocycles. The number of rotatable bonds is 5. The summed E-state index contributed by atoms with van der Waals surface area (Å²) in [5.74, 6) is -0.0305. The van der Waals surface area contributed by atoms with Gasteiger partial charge in [0.25, 0.3) is 0 Å². The summed E-state index contributed by atoms with van der Waals surface area (Å²) in [4.78, 5) is 10.9. The fraction of sp³-hybridized carbons (Fsp3) is 0.0800. The Morgan fingerprint density at radius 1 is 0.967 bits per heavy atom. The van der Waals surface area contributed by atoms with Crippen LogP contribution in [-0.2, 0) is 11.3 Å². The smallest absolute Gasteiger partial charge is 0.241 e.